The van der Waals surface area contributed by atoms with Gasteiger partial charge < -0.3 is 14.5 Å². The average Bonchev–Trinajstić information content (AvgIpc) is 3.03. The summed E-state index contributed by atoms with van der Waals surface area (Å²) in [6.45, 7) is 8.55. The second-order valence-corrected chi connectivity index (χ2v) is 9.86. The summed E-state index contributed by atoms with van der Waals surface area (Å²) < 4.78 is 5.94. The molecule has 37 heavy (non-hydrogen) atoms. The van der Waals surface area contributed by atoms with Gasteiger partial charge in [0, 0.05) is 38.5 Å². The van der Waals surface area contributed by atoms with E-state index in [1.165, 1.54) is 0 Å². The number of imide groups is 2. The van der Waals surface area contributed by atoms with Gasteiger partial charge in [-0.3, -0.25) is 34.2 Å². The number of benzene rings is 1. The zero-order chi connectivity index (χ0) is 26.5. The SMILES string of the molecule is CCC(CC)C(=O)N1CCCN(CCCOc2cccc3c2C(=O)N(C2CCC(=O)NC2=O)C3=O)CC1. The molecule has 0 saturated carbocycles. The number of amides is 5. The first-order valence-corrected chi connectivity index (χ1v) is 13.3. The van der Waals surface area contributed by atoms with Crippen molar-refractivity contribution in [3.8, 4) is 5.75 Å². The first-order valence-electron chi connectivity index (χ1n) is 13.3. The van der Waals surface area contributed by atoms with E-state index in [0.29, 0.717) is 12.4 Å². The molecule has 200 valence electrons. The lowest BCUT2D eigenvalue weighted by molar-refractivity contribution is -0.137. The molecule has 1 N–H and O–H groups in total. The standard InChI is InChI=1S/C27H36N4O6/c1-3-18(4-2)25(34)30-14-6-12-29(15-16-30)13-7-17-37-21-9-5-8-19-23(21)27(36)31(26(19)35)20-10-11-22(32)28-24(20)33/h5,8-9,18,20H,3-4,6-7,10-17H2,1-2H3,(H,28,32,33). The molecule has 0 aliphatic carbocycles. The van der Waals surface area contributed by atoms with Crippen molar-refractivity contribution >= 4 is 29.5 Å². The van der Waals surface area contributed by atoms with E-state index in [-0.39, 0.29) is 35.8 Å². The lowest BCUT2D eigenvalue weighted by Gasteiger charge is -2.27. The molecule has 0 bridgehead atoms. The monoisotopic (exact) mass is 512 g/mol. The van der Waals surface area contributed by atoms with Crippen LogP contribution in [0.5, 0.6) is 5.75 Å². The van der Waals surface area contributed by atoms with Gasteiger partial charge in [-0.25, -0.2) is 0 Å². The molecule has 10 heteroatoms. The van der Waals surface area contributed by atoms with Crippen LogP contribution in [0.4, 0.5) is 0 Å². The van der Waals surface area contributed by atoms with Crippen LogP contribution in [0.25, 0.3) is 0 Å². The van der Waals surface area contributed by atoms with Gasteiger partial charge in [0.2, 0.25) is 17.7 Å². The first-order chi connectivity index (χ1) is 17.8. The summed E-state index contributed by atoms with van der Waals surface area (Å²) in [5.41, 5.74) is 0.379. The van der Waals surface area contributed by atoms with Crippen molar-refractivity contribution in [3.63, 3.8) is 0 Å². The van der Waals surface area contributed by atoms with Crippen LogP contribution in [-0.4, -0.2) is 89.6 Å². The number of carbonyl (C=O) groups excluding carboxylic acids is 5. The fraction of sp³-hybridized carbons (Fsp3) is 0.593. The fourth-order valence-corrected chi connectivity index (χ4v) is 5.39. The van der Waals surface area contributed by atoms with Gasteiger partial charge in [-0.05, 0) is 50.8 Å². The van der Waals surface area contributed by atoms with Crippen LogP contribution in [0, 0.1) is 5.92 Å². The Balaban J connectivity index is 1.31. The molecular weight excluding hydrogens is 476 g/mol. The third-order valence-electron chi connectivity index (χ3n) is 7.54. The number of fused-ring (bicyclic) bond motifs is 1. The third-order valence-corrected chi connectivity index (χ3v) is 7.54. The molecule has 0 spiro atoms. The Morgan fingerprint density at radius 1 is 1.05 bits per heavy atom. The van der Waals surface area contributed by atoms with E-state index in [1.54, 1.807) is 18.2 Å². The lowest BCUT2D eigenvalue weighted by Crippen LogP contribution is -2.54. The van der Waals surface area contributed by atoms with Crippen LogP contribution in [0.2, 0.25) is 0 Å². The maximum atomic E-state index is 13.2. The molecule has 1 aromatic rings. The van der Waals surface area contributed by atoms with Crippen molar-refractivity contribution in [3.05, 3.63) is 29.3 Å². The Kier molecular flexibility index (Phi) is 8.58. The van der Waals surface area contributed by atoms with Gasteiger partial charge in [-0.2, -0.15) is 0 Å². The topological polar surface area (TPSA) is 116 Å². The zero-order valence-corrected chi connectivity index (χ0v) is 21.7. The van der Waals surface area contributed by atoms with Gasteiger partial charge in [0.05, 0.1) is 17.7 Å². The van der Waals surface area contributed by atoms with Gasteiger partial charge >= 0.3 is 0 Å². The van der Waals surface area contributed by atoms with Gasteiger partial charge in [0.25, 0.3) is 11.8 Å². The van der Waals surface area contributed by atoms with E-state index in [4.69, 9.17) is 4.74 Å². The number of nitrogens with zero attached hydrogens (tertiary/aromatic N) is 3. The molecule has 4 rings (SSSR count). The highest BCUT2D eigenvalue weighted by Crippen LogP contribution is 2.33. The second-order valence-electron chi connectivity index (χ2n) is 9.86. The molecule has 3 aliphatic heterocycles. The number of hydrogen-bond donors (Lipinski definition) is 1. The third kappa shape index (κ3) is 5.69. The maximum absolute atomic E-state index is 13.2. The van der Waals surface area contributed by atoms with Crippen molar-refractivity contribution in [2.24, 2.45) is 5.92 Å². The van der Waals surface area contributed by atoms with Gasteiger partial charge in [0.15, 0.2) is 0 Å². The molecule has 3 aliphatic rings. The summed E-state index contributed by atoms with van der Waals surface area (Å²) in [7, 11) is 0. The van der Waals surface area contributed by atoms with Crippen LogP contribution in [0.15, 0.2) is 18.2 Å². The summed E-state index contributed by atoms with van der Waals surface area (Å²) in [4.78, 5) is 67.9. The van der Waals surface area contributed by atoms with Crippen molar-refractivity contribution in [1.29, 1.82) is 0 Å². The van der Waals surface area contributed by atoms with E-state index in [0.717, 1.165) is 63.3 Å². The Morgan fingerprint density at radius 3 is 2.57 bits per heavy atom. The predicted molar refractivity (Wildman–Crippen MR) is 135 cm³/mol. The average molecular weight is 513 g/mol. The number of nitrogens with one attached hydrogen (secondary N) is 1. The maximum Gasteiger partial charge on any atom is 0.266 e. The van der Waals surface area contributed by atoms with E-state index in [1.807, 2.05) is 4.90 Å². The van der Waals surface area contributed by atoms with Crippen LogP contribution in [-0.2, 0) is 14.4 Å². The fourth-order valence-electron chi connectivity index (χ4n) is 5.39. The van der Waals surface area contributed by atoms with Gasteiger partial charge in [-0.1, -0.05) is 19.9 Å². The Labute approximate surface area is 217 Å². The minimum atomic E-state index is -1.00. The number of piperidine rings is 1. The quantitative estimate of drug-likeness (QED) is 0.396. The summed E-state index contributed by atoms with van der Waals surface area (Å²) in [5.74, 6) is -1.46. The molecule has 2 fully saturated rings. The molecule has 3 heterocycles. The molecule has 0 aromatic heterocycles. The van der Waals surface area contributed by atoms with Crippen molar-refractivity contribution in [2.75, 3.05) is 39.3 Å². The number of hydrogen-bond acceptors (Lipinski definition) is 7. The van der Waals surface area contributed by atoms with E-state index >= 15 is 0 Å². The lowest BCUT2D eigenvalue weighted by atomic mass is 10.0. The number of carbonyl (C=O) groups is 5. The first kappa shape index (κ1) is 26.8. The van der Waals surface area contributed by atoms with Gasteiger partial charge in [0.1, 0.15) is 11.8 Å². The van der Waals surface area contributed by atoms with Crippen LogP contribution >= 0.6 is 0 Å². The molecule has 1 atom stereocenters. The minimum Gasteiger partial charge on any atom is -0.493 e. The molecule has 2 saturated heterocycles. The highest BCUT2D eigenvalue weighted by Gasteiger charge is 2.46. The molecular formula is C27H36N4O6. The predicted octanol–water partition coefficient (Wildman–Crippen LogP) is 1.83. The van der Waals surface area contributed by atoms with Gasteiger partial charge in [-0.15, -0.1) is 0 Å². The largest absolute Gasteiger partial charge is 0.493 e. The molecule has 10 nitrogen and oxygen atoms in total. The highest BCUT2D eigenvalue weighted by molar-refractivity contribution is 6.24. The molecule has 1 unspecified atom stereocenters. The number of rotatable bonds is 9. The van der Waals surface area contributed by atoms with E-state index in [9.17, 15) is 24.0 Å². The van der Waals surface area contributed by atoms with Crippen molar-refractivity contribution in [2.45, 2.75) is 58.4 Å². The van der Waals surface area contributed by atoms with E-state index < -0.39 is 29.7 Å². The molecule has 0 radical (unpaired) electrons. The smallest absolute Gasteiger partial charge is 0.266 e. The zero-order valence-electron chi connectivity index (χ0n) is 21.7. The van der Waals surface area contributed by atoms with E-state index in [2.05, 4.69) is 24.1 Å². The Bertz CT molecular complexity index is 1070. The molecule has 5 amide bonds. The van der Waals surface area contributed by atoms with Crippen molar-refractivity contribution in [1.82, 2.24) is 20.0 Å². The number of ether oxygens (including phenoxy) is 1. The van der Waals surface area contributed by atoms with Crippen LogP contribution in [0.3, 0.4) is 0 Å². The van der Waals surface area contributed by atoms with Crippen LogP contribution < -0.4 is 10.1 Å². The van der Waals surface area contributed by atoms with Crippen molar-refractivity contribution < 1.29 is 28.7 Å². The highest BCUT2D eigenvalue weighted by atomic mass is 16.5. The normalized spacial score (nSPS) is 20.8. The Morgan fingerprint density at radius 2 is 1.84 bits per heavy atom. The minimum absolute atomic E-state index is 0.0768. The summed E-state index contributed by atoms with van der Waals surface area (Å²) >= 11 is 0. The summed E-state index contributed by atoms with van der Waals surface area (Å²) in [6, 6.07) is 3.87. The summed E-state index contributed by atoms with van der Waals surface area (Å²) in [5, 5.41) is 2.20. The molecule has 1 aromatic carbocycles. The second kappa shape index (κ2) is 11.9. The Hall–Kier alpha value is -3.27. The summed E-state index contributed by atoms with van der Waals surface area (Å²) in [6.07, 6.45) is 3.59. The van der Waals surface area contributed by atoms with Crippen LogP contribution in [0.1, 0.15) is 73.1 Å².